The van der Waals surface area contributed by atoms with Crippen molar-refractivity contribution in [1.82, 2.24) is 10.6 Å². The Labute approximate surface area is 86.6 Å². The third-order valence-electron chi connectivity index (χ3n) is 2.84. The lowest BCUT2D eigenvalue weighted by Crippen LogP contribution is -2.43. The van der Waals surface area contributed by atoms with Gasteiger partial charge in [-0.25, -0.2) is 0 Å². The molecule has 1 aliphatic rings. The molecule has 1 rings (SSSR count). The Balaban J connectivity index is 2.21. The molecule has 3 nitrogen and oxygen atoms in total. The van der Waals surface area contributed by atoms with Crippen molar-refractivity contribution < 1.29 is 4.79 Å². The van der Waals surface area contributed by atoms with Gasteiger partial charge in [-0.3, -0.25) is 4.79 Å². The molecule has 0 aromatic rings. The Morgan fingerprint density at radius 1 is 1.57 bits per heavy atom. The number of nitrogens with one attached hydrogen (secondary N) is 2. The van der Waals surface area contributed by atoms with Gasteiger partial charge in [0, 0.05) is 6.54 Å². The zero-order valence-corrected chi connectivity index (χ0v) is 9.47. The fourth-order valence-corrected chi connectivity index (χ4v) is 1.78. The quantitative estimate of drug-likeness (QED) is 0.711. The summed E-state index contributed by atoms with van der Waals surface area (Å²) in [6.07, 6.45) is 2.18. The van der Waals surface area contributed by atoms with Crippen LogP contribution >= 0.6 is 0 Å². The lowest BCUT2D eigenvalue weighted by molar-refractivity contribution is -0.123. The van der Waals surface area contributed by atoms with E-state index in [4.69, 9.17) is 0 Å². The summed E-state index contributed by atoms with van der Waals surface area (Å²) in [5, 5.41) is 6.22. The third kappa shape index (κ3) is 3.29. The minimum atomic E-state index is 0.0437. The molecule has 0 aliphatic carbocycles. The first-order chi connectivity index (χ1) is 6.61. The summed E-state index contributed by atoms with van der Waals surface area (Å²) < 4.78 is 0. The van der Waals surface area contributed by atoms with Gasteiger partial charge in [-0.15, -0.1) is 0 Å². The average molecular weight is 198 g/mol. The molecule has 2 atom stereocenters. The molecular weight excluding hydrogens is 176 g/mol. The van der Waals surface area contributed by atoms with Gasteiger partial charge >= 0.3 is 0 Å². The van der Waals surface area contributed by atoms with Crippen LogP contribution in [0.15, 0.2) is 0 Å². The number of hydrogen-bond donors (Lipinski definition) is 2. The van der Waals surface area contributed by atoms with Crippen LogP contribution in [0.4, 0.5) is 0 Å². The average Bonchev–Trinajstić information content (AvgIpc) is 2.50. The fourth-order valence-electron chi connectivity index (χ4n) is 1.78. The van der Waals surface area contributed by atoms with Crippen LogP contribution in [0.1, 0.15) is 33.6 Å². The van der Waals surface area contributed by atoms with E-state index in [9.17, 15) is 4.79 Å². The molecule has 1 amide bonds. The predicted molar refractivity (Wildman–Crippen MR) is 58.0 cm³/mol. The molecule has 0 aromatic heterocycles. The van der Waals surface area contributed by atoms with Crippen LogP contribution in [0, 0.1) is 11.8 Å². The van der Waals surface area contributed by atoms with Gasteiger partial charge in [-0.1, -0.05) is 20.8 Å². The summed E-state index contributed by atoms with van der Waals surface area (Å²) in [7, 11) is 0. The topological polar surface area (TPSA) is 41.1 Å². The predicted octanol–water partition coefficient (Wildman–Crippen LogP) is 1.15. The number of rotatable bonds is 4. The van der Waals surface area contributed by atoms with E-state index < -0.39 is 0 Å². The third-order valence-corrected chi connectivity index (χ3v) is 2.84. The van der Waals surface area contributed by atoms with E-state index in [2.05, 4.69) is 31.4 Å². The number of amides is 1. The van der Waals surface area contributed by atoms with Gasteiger partial charge in [0.05, 0.1) is 6.04 Å². The Hall–Kier alpha value is -0.570. The van der Waals surface area contributed by atoms with E-state index >= 15 is 0 Å². The van der Waals surface area contributed by atoms with E-state index in [1.54, 1.807) is 0 Å². The minimum absolute atomic E-state index is 0.0437. The van der Waals surface area contributed by atoms with Crippen molar-refractivity contribution in [3.05, 3.63) is 0 Å². The summed E-state index contributed by atoms with van der Waals surface area (Å²) in [6, 6.07) is 0.0437. The highest BCUT2D eigenvalue weighted by molar-refractivity contribution is 5.82. The van der Waals surface area contributed by atoms with Crippen molar-refractivity contribution >= 4 is 5.91 Å². The van der Waals surface area contributed by atoms with Gasteiger partial charge in [-0.05, 0) is 31.2 Å². The number of hydrogen-bond acceptors (Lipinski definition) is 2. The molecule has 1 aliphatic heterocycles. The lowest BCUT2D eigenvalue weighted by atomic mass is 10.0. The second-order valence-corrected chi connectivity index (χ2v) is 4.67. The molecule has 1 heterocycles. The molecule has 2 unspecified atom stereocenters. The van der Waals surface area contributed by atoms with E-state index in [1.165, 1.54) is 0 Å². The van der Waals surface area contributed by atoms with Gasteiger partial charge in [0.25, 0.3) is 0 Å². The summed E-state index contributed by atoms with van der Waals surface area (Å²) in [5.41, 5.74) is 0. The summed E-state index contributed by atoms with van der Waals surface area (Å²) in [6.45, 7) is 8.25. The molecule has 0 aromatic carbocycles. The first-order valence-corrected chi connectivity index (χ1v) is 5.62. The van der Waals surface area contributed by atoms with Gasteiger partial charge in [0.1, 0.15) is 0 Å². The first-order valence-electron chi connectivity index (χ1n) is 5.62. The van der Waals surface area contributed by atoms with Gasteiger partial charge in [-0.2, -0.15) is 0 Å². The van der Waals surface area contributed by atoms with Crippen molar-refractivity contribution in [3.63, 3.8) is 0 Å². The molecule has 0 spiro atoms. The molecular formula is C11H22N2O. The molecule has 3 heteroatoms. The lowest BCUT2D eigenvalue weighted by Gasteiger charge is -2.15. The van der Waals surface area contributed by atoms with Gasteiger partial charge < -0.3 is 10.6 Å². The molecule has 0 radical (unpaired) electrons. The van der Waals surface area contributed by atoms with E-state index in [-0.39, 0.29) is 11.9 Å². The first kappa shape index (κ1) is 11.5. The highest BCUT2D eigenvalue weighted by Gasteiger charge is 2.28. The normalized spacial score (nSPS) is 26.9. The van der Waals surface area contributed by atoms with Crippen LogP contribution < -0.4 is 10.6 Å². The minimum Gasteiger partial charge on any atom is -0.355 e. The maximum atomic E-state index is 11.7. The van der Waals surface area contributed by atoms with Crippen molar-refractivity contribution in [2.24, 2.45) is 11.8 Å². The van der Waals surface area contributed by atoms with Crippen molar-refractivity contribution in [3.8, 4) is 0 Å². The van der Waals surface area contributed by atoms with Crippen LogP contribution in [0.3, 0.4) is 0 Å². The van der Waals surface area contributed by atoms with Crippen molar-refractivity contribution in [2.45, 2.75) is 39.7 Å². The summed E-state index contributed by atoms with van der Waals surface area (Å²) in [4.78, 5) is 11.7. The SMILES string of the molecule is CC(C)CCNC(=O)C1NCCC1C. The van der Waals surface area contributed by atoms with Crippen LogP contribution in [0.5, 0.6) is 0 Å². The van der Waals surface area contributed by atoms with E-state index in [0.717, 1.165) is 25.9 Å². The summed E-state index contributed by atoms with van der Waals surface area (Å²) in [5.74, 6) is 1.31. The standard InChI is InChI=1S/C11H22N2O/c1-8(2)4-6-13-11(14)10-9(3)5-7-12-10/h8-10,12H,4-7H2,1-3H3,(H,13,14). The number of carbonyl (C=O) groups excluding carboxylic acids is 1. The van der Waals surface area contributed by atoms with Crippen molar-refractivity contribution in [2.75, 3.05) is 13.1 Å². The van der Waals surface area contributed by atoms with Crippen LogP contribution in [-0.2, 0) is 4.79 Å². The van der Waals surface area contributed by atoms with Gasteiger partial charge in [0.15, 0.2) is 0 Å². The zero-order valence-electron chi connectivity index (χ0n) is 9.47. The smallest absolute Gasteiger partial charge is 0.237 e. The Kier molecular flexibility index (Phi) is 4.39. The zero-order chi connectivity index (χ0) is 10.6. The maximum absolute atomic E-state index is 11.7. The Bertz CT molecular complexity index is 192. The van der Waals surface area contributed by atoms with Crippen LogP contribution in [-0.4, -0.2) is 25.0 Å². The Morgan fingerprint density at radius 2 is 2.29 bits per heavy atom. The van der Waals surface area contributed by atoms with Gasteiger partial charge in [0.2, 0.25) is 5.91 Å². The number of carbonyl (C=O) groups is 1. The fraction of sp³-hybridized carbons (Fsp3) is 0.909. The molecule has 2 N–H and O–H groups in total. The van der Waals surface area contributed by atoms with E-state index in [0.29, 0.717) is 11.8 Å². The second-order valence-electron chi connectivity index (χ2n) is 4.67. The maximum Gasteiger partial charge on any atom is 0.237 e. The highest BCUT2D eigenvalue weighted by atomic mass is 16.2. The molecule has 14 heavy (non-hydrogen) atoms. The second kappa shape index (κ2) is 5.35. The van der Waals surface area contributed by atoms with E-state index in [1.807, 2.05) is 0 Å². The highest BCUT2D eigenvalue weighted by Crippen LogP contribution is 2.14. The van der Waals surface area contributed by atoms with Crippen LogP contribution in [0.25, 0.3) is 0 Å². The molecule has 1 fully saturated rings. The van der Waals surface area contributed by atoms with Crippen molar-refractivity contribution in [1.29, 1.82) is 0 Å². The largest absolute Gasteiger partial charge is 0.355 e. The Morgan fingerprint density at radius 3 is 2.79 bits per heavy atom. The molecule has 0 saturated carbocycles. The monoisotopic (exact) mass is 198 g/mol. The molecule has 82 valence electrons. The molecule has 1 saturated heterocycles. The molecule has 0 bridgehead atoms. The van der Waals surface area contributed by atoms with Crippen LogP contribution in [0.2, 0.25) is 0 Å². The summed E-state index contributed by atoms with van der Waals surface area (Å²) >= 11 is 0.